The molecule has 1 aliphatic carbocycles. The number of nitrogens with one attached hydrogen (secondary N) is 1. The van der Waals surface area contributed by atoms with Gasteiger partial charge in [-0.05, 0) is 60.8 Å². The molecular formula is C16H29F2NO4S. The van der Waals surface area contributed by atoms with E-state index in [-0.39, 0.29) is 6.42 Å². The van der Waals surface area contributed by atoms with Crippen LogP contribution in [0.4, 0.5) is 8.78 Å². The summed E-state index contributed by atoms with van der Waals surface area (Å²) >= 11 is 0. The molecular weight excluding hydrogens is 340 g/mol. The van der Waals surface area contributed by atoms with E-state index in [0.717, 1.165) is 0 Å². The summed E-state index contributed by atoms with van der Waals surface area (Å²) in [5, 5.41) is 9.13. The van der Waals surface area contributed by atoms with Crippen molar-refractivity contribution in [3.8, 4) is 0 Å². The third-order valence-electron chi connectivity index (χ3n) is 4.06. The van der Waals surface area contributed by atoms with E-state index in [1.54, 1.807) is 41.5 Å². The van der Waals surface area contributed by atoms with Gasteiger partial charge in [0.25, 0.3) is 5.92 Å². The SMILES string of the molecule is CC(C)(C)OC(=O)[C@H]1C[C@@H]1[C@@](C)(NS(=O)C(C)(C)C)C(F)(F)CO. The molecule has 0 spiro atoms. The number of hydrogen-bond acceptors (Lipinski definition) is 4. The van der Waals surface area contributed by atoms with Crippen molar-refractivity contribution in [1.82, 2.24) is 4.72 Å². The summed E-state index contributed by atoms with van der Waals surface area (Å²) < 4.78 is 48.2. The molecule has 142 valence electrons. The lowest BCUT2D eigenvalue weighted by atomic mass is 9.88. The van der Waals surface area contributed by atoms with E-state index >= 15 is 0 Å². The van der Waals surface area contributed by atoms with Gasteiger partial charge in [-0.25, -0.2) is 17.7 Å². The van der Waals surface area contributed by atoms with E-state index in [4.69, 9.17) is 9.84 Å². The second-order valence-electron chi connectivity index (χ2n) is 8.53. The molecule has 1 fully saturated rings. The van der Waals surface area contributed by atoms with Gasteiger partial charge in [0.2, 0.25) is 0 Å². The molecule has 0 aromatic heterocycles. The summed E-state index contributed by atoms with van der Waals surface area (Å²) in [7, 11) is -1.78. The lowest BCUT2D eigenvalue weighted by Gasteiger charge is -2.39. The van der Waals surface area contributed by atoms with Crippen molar-refractivity contribution in [2.45, 2.75) is 76.7 Å². The molecule has 1 aliphatic rings. The van der Waals surface area contributed by atoms with E-state index in [2.05, 4.69) is 4.72 Å². The lowest BCUT2D eigenvalue weighted by molar-refractivity contribution is -0.158. The standard InChI is InChI=1S/C16H29F2NO4S/c1-13(2,3)23-12(21)10-8-11(10)15(7,16(17,18)9-20)19-24(22)14(4,5)6/h10-11,19-20H,8-9H2,1-7H3/t10-,11-,15+,24?/m0/s1. The highest BCUT2D eigenvalue weighted by molar-refractivity contribution is 7.84. The second-order valence-corrected chi connectivity index (χ2v) is 10.5. The summed E-state index contributed by atoms with van der Waals surface area (Å²) in [6, 6.07) is 0. The van der Waals surface area contributed by atoms with Crippen molar-refractivity contribution < 1.29 is 27.6 Å². The minimum atomic E-state index is -3.53. The van der Waals surface area contributed by atoms with E-state index in [1.165, 1.54) is 6.92 Å². The fraction of sp³-hybridized carbons (Fsp3) is 0.938. The van der Waals surface area contributed by atoms with Crippen molar-refractivity contribution in [1.29, 1.82) is 0 Å². The first kappa shape index (κ1) is 21.4. The van der Waals surface area contributed by atoms with Gasteiger partial charge >= 0.3 is 5.97 Å². The van der Waals surface area contributed by atoms with Crippen LogP contribution >= 0.6 is 0 Å². The van der Waals surface area contributed by atoms with Crippen LogP contribution in [0, 0.1) is 11.8 Å². The van der Waals surface area contributed by atoms with Gasteiger partial charge in [0.1, 0.15) is 12.2 Å². The molecule has 1 rings (SSSR count). The maximum atomic E-state index is 14.4. The van der Waals surface area contributed by atoms with Crippen LogP contribution in [-0.4, -0.2) is 43.7 Å². The summed E-state index contributed by atoms with van der Waals surface area (Å²) in [5.41, 5.74) is -2.68. The molecule has 0 bridgehead atoms. The zero-order valence-corrected chi connectivity index (χ0v) is 16.2. The van der Waals surface area contributed by atoms with Gasteiger partial charge in [-0.2, -0.15) is 0 Å². The zero-order chi connectivity index (χ0) is 19.1. The molecule has 0 aromatic carbocycles. The van der Waals surface area contributed by atoms with Crippen molar-refractivity contribution in [3.63, 3.8) is 0 Å². The molecule has 0 amide bonds. The third kappa shape index (κ3) is 4.73. The molecule has 4 atom stereocenters. The highest BCUT2D eigenvalue weighted by Crippen LogP contribution is 2.53. The fourth-order valence-electron chi connectivity index (χ4n) is 2.40. The van der Waals surface area contributed by atoms with Crippen LogP contribution in [0.2, 0.25) is 0 Å². The minimum Gasteiger partial charge on any atom is -0.460 e. The Hall–Kier alpha value is -0.600. The number of esters is 1. The van der Waals surface area contributed by atoms with Crippen LogP contribution in [0.1, 0.15) is 54.9 Å². The van der Waals surface area contributed by atoms with Crippen molar-refractivity contribution in [2.24, 2.45) is 11.8 Å². The van der Waals surface area contributed by atoms with Crippen molar-refractivity contribution in [3.05, 3.63) is 0 Å². The van der Waals surface area contributed by atoms with Crippen LogP contribution in [0.25, 0.3) is 0 Å². The number of carbonyl (C=O) groups is 1. The maximum Gasteiger partial charge on any atom is 0.309 e. The van der Waals surface area contributed by atoms with Crippen LogP contribution in [-0.2, 0) is 20.5 Å². The molecule has 2 N–H and O–H groups in total. The molecule has 1 unspecified atom stereocenters. The highest BCUT2D eigenvalue weighted by Gasteiger charge is 2.65. The predicted molar refractivity (Wildman–Crippen MR) is 88.9 cm³/mol. The van der Waals surface area contributed by atoms with Gasteiger partial charge in [0.15, 0.2) is 0 Å². The Balaban J connectivity index is 3.02. The number of hydrogen-bond donors (Lipinski definition) is 2. The molecule has 0 heterocycles. The molecule has 24 heavy (non-hydrogen) atoms. The number of ether oxygens (including phenoxy) is 1. The highest BCUT2D eigenvalue weighted by atomic mass is 32.2. The minimum absolute atomic E-state index is 0.204. The zero-order valence-electron chi connectivity index (χ0n) is 15.4. The Morgan fingerprint density at radius 1 is 1.21 bits per heavy atom. The molecule has 0 aromatic rings. The van der Waals surface area contributed by atoms with E-state index in [1.807, 2.05) is 0 Å². The molecule has 0 radical (unpaired) electrons. The van der Waals surface area contributed by atoms with E-state index in [9.17, 15) is 17.8 Å². The van der Waals surface area contributed by atoms with Gasteiger partial charge in [0, 0.05) is 0 Å². The first-order chi connectivity index (χ1) is 10.5. The van der Waals surface area contributed by atoms with Crippen LogP contribution < -0.4 is 4.72 Å². The Morgan fingerprint density at radius 2 is 1.71 bits per heavy atom. The van der Waals surface area contributed by atoms with Crippen LogP contribution in [0.5, 0.6) is 0 Å². The predicted octanol–water partition coefficient (Wildman–Crippen LogP) is 2.40. The first-order valence-electron chi connectivity index (χ1n) is 7.96. The monoisotopic (exact) mass is 369 g/mol. The number of halogens is 2. The van der Waals surface area contributed by atoms with Gasteiger partial charge in [0.05, 0.1) is 27.2 Å². The molecule has 0 aliphatic heterocycles. The smallest absolute Gasteiger partial charge is 0.309 e. The molecule has 5 nitrogen and oxygen atoms in total. The van der Waals surface area contributed by atoms with Crippen LogP contribution in [0.3, 0.4) is 0 Å². The summed E-state index contributed by atoms with van der Waals surface area (Å²) in [6.07, 6.45) is 0.204. The Morgan fingerprint density at radius 3 is 2.08 bits per heavy atom. The van der Waals surface area contributed by atoms with Crippen molar-refractivity contribution >= 4 is 17.0 Å². The second kappa shape index (κ2) is 6.61. The Kier molecular flexibility index (Phi) is 5.90. The topological polar surface area (TPSA) is 75.6 Å². The maximum absolute atomic E-state index is 14.4. The Bertz CT molecular complexity index is 513. The summed E-state index contributed by atoms with van der Waals surface area (Å²) in [4.78, 5) is 12.1. The summed E-state index contributed by atoms with van der Waals surface area (Å²) in [5.74, 6) is -5.54. The number of alkyl halides is 2. The van der Waals surface area contributed by atoms with Crippen LogP contribution in [0.15, 0.2) is 0 Å². The average molecular weight is 369 g/mol. The van der Waals surface area contributed by atoms with Gasteiger partial charge in [-0.1, -0.05) is 0 Å². The molecule has 0 saturated heterocycles. The number of aliphatic hydroxyl groups excluding tert-OH is 1. The normalized spacial score (nSPS) is 25.8. The Labute approximate surface area is 145 Å². The number of carbonyl (C=O) groups excluding carboxylic acids is 1. The van der Waals surface area contributed by atoms with E-state index < -0.39 is 57.2 Å². The van der Waals surface area contributed by atoms with Gasteiger partial charge < -0.3 is 9.84 Å². The van der Waals surface area contributed by atoms with E-state index in [0.29, 0.717) is 0 Å². The quantitative estimate of drug-likeness (QED) is 0.705. The van der Waals surface area contributed by atoms with Crippen molar-refractivity contribution in [2.75, 3.05) is 6.61 Å². The first-order valence-corrected chi connectivity index (χ1v) is 9.11. The van der Waals surface area contributed by atoms with Gasteiger partial charge in [-0.3, -0.25) is 4.79 Å². The number of rotatable bonds is 6. The average Bonchev–Trinajstić information content (AvgIpc) is 3.15. The summed E-state index contributed by atoms with van der Waals surface area (Å²) in [6.45, 7) is 9.91. The number of aliphatic hydroxyl groups is 1. The largest absolute Gasteiger partial charge is 0.460 e. The lowest BCUT2D eigenvalue weighted by Crippen LogP contribution is -2.62. The molecule has 8 heteroatoms. The molecule has 1 saturated carbocycles. The fourth-order valence-corrected chi connectivity index (χ4v) is 3.39. The third-order valence-corrected chi connectivity index (χ3v) is 5.78. The van der Waals surface area contributed by atoms with Gasteiger partial charge in [-0.15, -0.1) is 0 Å².